The van der Waals surface area contributed by atoms with E-state index in [2.05, 4.69) is 40.8 Å². The van der Waals surface area contributed by atoms with Crippen molar-refractivity contribution in [3.63, 3.8) is 0 Å². The Hall–Kier alpha value is -0.630. The van der Waals surface area contributed by atoms with Crippen LogP contribution in [0.5, 0.6) is 0 Å². The fourth-order valence-corrected chi connectivity index (χ4v) is 7.28. The van der Waals surface area contributed by atoms with Gasteiger partial charge in [0.05, 0.1) is 20.1 Å². The van der Waals surface area contributed by atoms with Crippen LogP contribution in [0.15, 0.2) is 11.6 Å². The van der Waals surface area contributed by atoms with Gasteiger partial charge >= 0.3 is 6.16 Å². The number of carbonyl (C=O) groups excluding carboxylic acids is 2. The zero-order valence-electron chi connectivity index (χ0n) is 20.6. The van der Waals surface area contributed by atoms with Gasteiger partial charge in [0, 0.05) is 18.3 Å². The van der Waals surface area contributed by atoms with Crippen LogP contribution in [0, 0.1) is 28.6 Å². The van der Waals surface area contributed by atoms with Gasteiger partial charge in [-0.15, -0.1) is 0 Å². The summed E-state index contributed by atoms with van der Waals surface area (Å²) in [5, 5.41) is 0. The maximum atomic E-state index is 12.6. The van der Waals surface area contributed by atoms with Crippen LogP contribution >= 0.6 is 0 Å². The predicted molar refractivity (Wildman–Crippen MR) is 120 cm³/mol. The van der Waals surface area contributed by atoms with E-state index in [1.807, 2.05) is 0 Å². The van der Waals surface area contributed by atoms with Crippen LogP contribution in [0.3, 0.4) is 0 Å². The maximum absolute atomic E-state index is 12.6. The van der Waals surface area contributed by atoms with Gasteiger partial charge in [-0.25, -0.2) is 4.79 Å². The number of quaternary nitrogens is 1. The van der Waals surface area contributed by atoms with Gasteiger partial charge in [0.25, 0.3) is 0 Å². The third-order valence-corrected chi connectivity index (χ3v) is 10.1. The number of Topliss-reactive ketones (excluding diaryl/α,β-unsaturated/α-hetero) is 1. The van der Waals surface area contributed by atoms with E-state index in [1.54, 1.807) is 0 Å². The fraction of sp³-hybridized carbons (Fsp3) is 0.846. The third kappa shape index (κ3) is 4.39. The summed E-state index contributed by atoms with van der Waals surface area (Å²) in [7, 11) is 2.09. The van der Waals surface area contributed by atoms with Gasteiger partial charge in [-0.1, -0.05) is 25.5 Å². The molecule has 3 fully saturated rings. The lowest BCUT2D eigenvalue weighted by Crippen LogP contribution is -3.00. The van der Waals surface area contributed by atoms with Crippen molar-refractivity contribution in [1.29, 1.82) is 0 Å². The molecule has 0 aliphatic heterocycles. The van der Waals surface area contributed by atoms with Crippen molar-refractivity contribution in [3.05, 3.63) is 11.6 Å². The Morgan fingerprint density at radius 3 is 2.44 bits per heavy atom. The minimum atomic E-state index is -0.521. The minimum Gasteiger partial charge on any atom is -1.00 e. The first kappa shape index (κ1) is 26.0. The molecule has 4 aliphatic carbocycles. The standard InChI is InChI=1S/C26H42NO4.HI/c1-6-27(5,7-2)17-30-24(29)31-19-12-14-25(3)18(16-19)8-9-20-21-10-11-23(28)26(21,4)15-13-22(20)25;/h8,19-22H,6-7,9-17H2,1-5H3;1H/q+1;/p-1/t19-,20-,21-,22-,25-,26-;/m0./s1. The highest BCUT2D eigenvalue weighted by molar-refractivity contribution is 5.87. The van der Waals surface area contributed by atoms with E-state index in [4.69, 9.17) is 9.47 Å². The molecule has 0 saturated heterocycles. The quantitative estimate of drug-likeness (QED) is 0.171. The average molecular weight is 560 g/mol. The number of rotatable bonds is 5. The zero-order chi connectivity index (χ0) is 22.4. The molecule has 32 heavy (non-hydrogen) atoms. The lowest BCUT2D eigenvalue weighted by molar-refractivity contribution is -0.922. The monoisotopic (exact) mass is 559 g/mol. The molecule has 0 aromatic heterocycles. The molecule has 0 N–H and O–H groups in total. The van der Waals surface area contributed by atoms with E-state index in [0.717, 1.165) is 64.5 Å². The summed E-state index contributed by atoms with van der Waals surface area (Å²) in [6.45, 7) is 11.1. The van der Waals surface area contributed by atoms with Crippen LogP contribution in [0.4, 0.5) is 4.79 Å². The average Bonchev–Trinajstić information content (AvgIpc) is 3.07. The largest absolute Gasteiger partial charge is 1.00 e. The van der Waals surface area contributed by atoms with Crippen molar-refractivity contribution in [2.24, 2.45) is 28.6 Å². The highest BCUT2D eigenvalue weighted by Crippen LogP contribution is 2.64. The first-order chi connectivity index (χ1) is 14.6. The molecule has 0 aromatic carbocycles. The lowest BCUT2D eigenvalue weighted by Gasteiger charge is -2.56. The molecule has 4 rings (SSSR count). The van der Waals surface area contributed by atoms with E-state index >= 15 is 0 Å². The van der Waals surface area contributed by atoms with E-state index in [-0.39, 0.29) is 40.9 Å². The number of nitrogens with zero attached hydrogens (tertiary/aromatic N) is 1. The molecular weight excluding hydrogens is 517 g/mol. The van der Waals surface area contributed by atoms with Crippen molar-refractivity contribution in [3.8, 4) is 0 Å². The van der Waals surface area contributed by atoms with Crippen molar-refractivity contribution in [2.45, 2.75) is 85.2 Å². The number of hydrogen-bond acceptors (Lipinski definition) is 4. The third-order valence-electron chi connectivity index (χ3n) is 10.1. The molecule has 0 heterocycles. The first-order valence-electron chi connectivity index (χ1n) is 12.5. The Labute approximate surface area is 211 Å². The van der Waals surface area contributed by atoms with Gasteiger partial charge in [0.2, 0.25) is 6.73 Å². The number of fused-ring (bicyclic) bond motifs is 5. The highest BCUT2D eigenvalue weighted by atomic mass is 127. The number of carbonyl (C=O) groups is 2. The molecule has 6 heteroatoms. The zero-order valence-corrected chi connectivity index (χ0v) is 22.8. The Bertz CT molecular complexity index is 763. The van der Waals surface area contributed by atoms with Crippen LogP contribution < -0.4 is 24.0 Å². The topological polar surface area (TPSA) is 52.6 Å². The molecule has 0 aromatic rings. The lowest BCUT2D eigenvalue weighted by atomic mass is 9.48. The Morgan fingerprint density at radius 2 is 1.75 bits per heavy atom. The Balaban J connectivity index is 0.00000289. The second kappa shape index (κ2) is 9.55. The number of ketones is 1. The Morgan fingerprint density at radius 1 is 1.09 bits per heavy atom. The predicted octanol–water partition coefficient (Wildman–Crippen LogP) is 2.49. The summed E-state index contributed by atoms with van der Waals surface area (Å²) in [4.78, 5) is 24.9. The van der Waals surface area contributed by atoms with Crippen LogP contribution in [-0.4, -0.2) is 49.4 Å². The molecule has 6 atom stereocenters. The number of allylic oxidation sites excluding steroid dienone is 1. The molecule has 0 bridgehead atoms. The van der Waals surface area contributed by atoms with Gasteiger partial charge in [-0.05, 0) is 75.5 Å². The van der Waals surface area contributed by atoms with Crippen molar-refractivity contribution >= 4 is 11.9 Å². The summed E-state index contributed by atoms with van der Waals surface area (Å²) >= 11 is 0. The summed E-state index contributed by atoms with van der Waals surface area (Å²) in [6, 6.07) is 0. The van der Waals surface area contributed by atoms with Crippen LogP contribution in [0.1, 0.15) is 79.1 Å². The minimum absolute atomic E-state index is 0. The fourth-order valence-electron chi connectivity index (χ4n) is 7.28. The molecule has 5 nitrogen and oxygen atoms in total. The van der Waals surface area contributed by atoms with Gasteiger partial charge in [-0.2, -0.15) is 0 Å². The van der Waals surface area contributed by atoms with E-state index < -0.39 is 6.16 Å². The maximum Gasteiger partial charge on any atom is 0.512 e. The molecule has 0 spiro atoms. The van der Waals surface area contributed by atoms with Gasteiger partial charge in [-0.3, -0.25) is 9.28 Å². The van der Waals surface area contributed by atoms with Gasteiger partial charge in [0.1, 0.15) is 11.9 Å². The van der Waals surface area contributed by atoms with Crippen molar-refractivity contribution in [1.82, 2.24) is 0 Å². The highest BCUT2D eigenvalue weighted by Gasteiger charge is 2.58. The molecule has 182 valence electrons. The summed E-state index contributed by atoms with van der Waals surface area (Å²) in [5.74, 6) is 2.37. The van der Waals surface area contributed by atoms with Gasteiger partial charge < -0.3 is 33.5 Å². The molecular formula is C26H42INO4. The van der Waals surface area contributed by atoms with Crippen LogP contribution in [-0.2, 0) is 14.3 Å². The van der Waals surface area contributed by atoms with Crippen LogP contribution in [0.25, 0.3) is 0 Å². The van der Waals surface area contributed by atoms with Gasteiger partial charge in [0.15, 0.2) is 0 Å². The SMILES string of the molecule is CC[N+](C)(CC)COC(=O)O[C@H]1CC[C@@]2(C)C(=CC[C@@H]3[C@@H]2CC[C@]2(C)C(=O)CC[C@@H]32)C1.[I-]. The molecule has 0 unspecified atom stereocenters. The normalized spacial score (nSPS) is 38.5. The smallest absolute Gasteiger partial charge is 0.512 e. The number of hydrogen-bond donors (Lipinski definition) is 0. The molecule has 3 saturated carbocycles. The van der Waals surface area contributed by atoms with Crippen LogP contribution in [0.2, 0.25) is 0 Å². The Kier molecular flexibility index (Phi) is 7.76. The molecule has 0 radical (unpaired) electrons. The van der Waals surface area contributed by atoms with E-state index in [9.17, 15) is 9.59 Å². The number of ether oxygens (including phenoxy) is 2. The van der Waals surface area contributed by atoms with E-state index in [0.29, 0.717) is 34.8 Å². The summed E-state index contributed by atoms with van der Waals surface area (Å²) in [5.41, 5.74) is 1.60. The second-order valence-electron chi connectivity index (χ2n) is 11.4. The summed E-state index contributed by atoms with van der Waals surface area (Å²) in [6.07, 6.45) is 9.82. The summed E-state index contributed by atoms with van der Waals surface area (Å²) < 4.78 is 11.9. The molecule has 4 aliphatic rings. The van der Waals surface area contributed by atoms with Crippen molar-refractivity contribution < 1.29 is 47.5 Å². The first-order valence-corrected chi connectivity index (χ1v) is 12.5. The van der Waals surface area contributed by atoms with Crippen molar-refractivity contribution in [2.75, 3.05) is 26.9 Å². The second-order valence-corrected chi connectivity index (χ2v) is 11.4. The molecule has 0 amide bonds. The van der Waals surface area contributed by atoms with E-state index in [1.165, 1.54) is 5.57 Å². The number of halogens is 1.